The number of carbonyl (C=O) groups is 1. The van der Waals surface area contributed by atoms with Crippen molar-refractivity contribution < 1.29 is 9.53 Å². The lowest BCUT2D eigenvalue weighted by atomic mass is 10.1. The maximum absolute atomic E-state index is 13.3. The van der Waals surface area contributed by atoms with Crippen molar-refractivity contribution in [1.82, 2.24) is 34.4 Å². The van der Waals surface area contributed by atoms with Crippen LogP contribution in [0.1, 0.15) is 37.5 Å². The highest BCUT2D eigenvalue weighted by molar-refractivity contribution is 5.81. The topological polar surface area (TPSA) is 139 Å². The summed E-state index contributed by atoms with van der Waals surface area (Å²) in [5.74, 6) is 0.164. The number of aromatic amines is 2. The number of fused-ring (bicyclic) bond motifs is 3. The number of hydrogen-bond acceptors (Lipinski definition) is 7. The molecule has 3 aromatic rings. The highest BCUT2D eigenvalue weighted by atomic mass is 16.6. The van der Waals surface area contributed by atoms with Crippen LogP contribution >= 0.6 is 0 Å². The molecule has 2 aliphatic rings. The van der Waals surface area contributed by atoms with Gasteiger partial charge in [-0.25, -0.2) is 19.6 Å². The van der Waals surface area contributed by atoms with Crippen molar-refractivity contribution in [3.8, 4) is 11.5 Å². The van der Waals surface area contributed by atoms with E-state index in [1.807, 2.05) is 65.0 Å². The Balaban J connectivity index is 1.56. The summed E-state index contributed by atoms with van der Waals surface area (Å²) in [6.07, 6.45) is 1.14. The zero-order chi connectivity index (χ0) is 27.2. The minimum absolute atomic E-state index is 0.0631. The van der Waals surface area contributed by atoms with E-state index >= 15 is 0 Å². The molecule has 2 aliphatic heterocycles. The third-order valence-corrected chi connectivity index (χ3v) is 6.33. The van der Waals surface area contributed by atoms with Crippen molar-refractivity contribution in [3.63, 3.8) is 0 Å². The van der Waals surface area contributed by atoms with Gasteiger partial charge in [-0.2, -0.15) is 4.98 Å². The molecule has 11 heteroatoms. The third-order valence-electron chi connectivity index (χ3n) is 6.33. The summed E-state index contributed by atoms with van der Waals surface area (Å²) in [6, 6.07) is 9.62. The standard InChI is InChI=1S/C27H29N7O4/c1-15-10-20-21(11-16(15)2)34(23-22(30-20)24(35)32-25(36)31-23)9-8-33(26(37)38-27(3,4)5)13-17-6-7-18-19(12-17)29-14-28-18/h6-7,10-12,14H,8-9,13H2,1-5H3,(H,28,29)(H,32,35,36). The molecule has 5 rings (SSSR count). The van der Waals surface area contributed by atoms with E-state index in [0.29, 0.717) is 11.0 Å². The Morgan fingerprint density at radius 2 is 1.82 bits per heavy atom. The number of benzene rings is 2. The van der Waals surface area contributed by atoms with Crippen LogP contribution in [0.2, 0.25) is 0 Å². The van der Waals surface area contributed by atoms with E-state index in [4.69, 9.17) is 4.74 Å². The first-order chi connectivity index (χ1) is 18.0. The molecule has 0 atom stereocenters. The Hall–Kier alpha value is -4.54. The second kappa shape index (κ2) is 9.40. The summed E-state index contributed by atoms with van der Waals surface area (Å²) >= 11 is 0. The molecular weight excluding hydrogens is 486 g/mol. The van der Waals surface area contributed by atoms with Gasteiger partial charge in [0.1, 0.15) is 5.60 Å². The predicted octanol–water partition coefficient (Wildman–Crippen LogP) is 3.52. The van der Waals surface area contributed by atoms with Gasteiger partial charge in [-0.05, 0) is 75.6 Å². The van der Waals surface area contributed by atoms with Gasteiger partial charge in [-0.1, -0.05) is 6.07 Å². The van der Waals surface area contributed by atoms with Crippen LogP contribution in [0.4, 0.5) is 4.79 Å². The van der Waals surface area contributed by atoms with Crippen LogP contribution in [0, 0.1) is 13.8 Å². The quantitative estimate of drug-likeness (QED) is 0.342. The molecule has 2 N–H and O–H groups in total. The number of amides is 1. The number of nitrogens with zero attached hydrogens (tertiary/aromatic N) is 5. The van der Waals surface area contributed by atoms with E-state index in [0.717, 1.165) is 27.7 Å². The molecule has 1 amide bonds. The highest BCUT2D eigenvalue weighted by Crippen LogP contribution is 2.24. The minimum atomic E-state index is -0.752. The maximum Gasteiger partial charge on any atom is 0.410 e. The van der Waals surface area contributed by atoms with Crippen LogP contribution in [-0.2, 0) is 17.8 Å². The first-order valence-corrected chi connectivity index (χ1v) is 12.3. The SMILES string of the molecule is Cc1cc2nc3c(=O)[nH]c(=O)nc-3n(CCN(Cc3ccc4[nH]cnc4c3)C(=O)OC(C)(C)C)c2cc1C. The molecule has 38 heavy (non-hydrogen) atoms. The number of nitrogens with one attached hydrogen (secondary N) is 2. The number of H-pyrrole nitrogens is 2. The Bertz CT molecular complexity index is 1760. The van der Waals surface area contributed by atoms with Gasteiger partial charge in [0.05, 0.1) is 28.4 Å². The smallest absolute Gasteiger partial charge is 0.410 e. The normalized spacial score (nSPS) is 11.9. The van der Waals surface area contributed by atoms with Crippen molar-refractivity contribution in [2.24, 2.45) is 0 Å². The Morgan fingerprint density at radius 3 is 2.58 bits per heavy atom. The largest absolute Gasteiger partial charge is 0.444 e. The Labute approximate surface area is 217 Å². The number of imidazole rings is 1. The fraction of sp³-hybridized carbons (Fsp3) is 0.333. The Morgan fingerprint density at radius 1 is 1.05 bits per heavy atom. The van der Waals surface area contributed by atoms with Crippen LogP contribution in [0.3, 0.4) is 0 Å². The molecule has 2 aromatic carbocycles. The molecule has 0 radical (unpaired) electrons. The lowest BCUT2D eigenvalue weighted by Crippen LogP contribution is -2.38. The molecule has 11 nitrogen and oxygen atoms in total. The van der Waals surface area contributed by atoms with Crippen molar-refractivity contribution in [2.45, 2.75) is 53.3 Å². The highest BCUT2D eigenvalue weighted by Gasteiger charge is 2.24. The summed E-state index contributed by atoms with van der Waals surface area (Å²) in [6.45, 7) is 10.1. The van der Waals surface area contributed by atoms with Crippen molar-refractivity contribution in [3.05, 3.63) is 74.2 Å². The molecule has 1 aromatic heterocycles. The van der Waals surface area contributed by atoms with Crippen LogP contribution in [0.15, 0.2) is 46.2 Å². The van der Waals surface area contributed by atoms with E-state index in [1.165, 1.54) is 0 Å². The number of aryl methyl sites for hydroxylation is 2. The van der Waals surface area contributed by atoms with Crippen LogP contribution in [0.5, 0.6) is 0 Å². The first kappa shape index (κ1) is 25.1. The summed E-state index contributed by atoms with van der Waals surface area (Å²) in [5, 5.41) is 0. The number of rotatable bonds is 5. The molecule has 0 saturated heterocycles. The van der Waals surface area contributed by atoms with Crippen molar-refractivity contribution in [1.29, 1.82) is 0 Å². The van der Waals surface area contributed by atoms with Gasteiger partial charge in [-0.15, -0.1) is 0 Å². The summed E-state index contributed by atoms with van der Waals surface area (Å²) < 4.78 is 7.48. The average Bonchev–Trinajstić information content (AvgIpc) is 3.29. The average molecular weight is 516 g/mol. The van der Waals surface area contributed by atoms with Gasteiger partial charge >= 0.3 is 11.8 Å². The first-order valence-electron chi connectivity index (χ1n) is 12.3. The van der Waals surface area contributed by atoms with Crippen molar-refractivity contribution in [2.75, 3.05) is 6.54 Å². The van der Waals surface area contributed by atoms with E-state index in [-0.39, 0.29) is 31.2 Å². The summed E-state index contributed by atoms with van der Waals surface area (Å²) in [7, 11) is 0. The molecule has 0 spiro atoms. The van der Waals surface area contributed by atoms with E-state index in [9.17, 15) is 14.4 Å². The van der Waals surface area contributed by atoms with Gasteiger partial charge < -0.3 is 19.2 Å². The van der Waals surface area contributed by atoms with Crippen LogP contribution in [-0.4, -0.2) is 52.6 Å². The van der Waals surface area contributed by atoms with Gasteiger partial charge in [0.2, 0.25) is 0 Å². The maximum atomic E-state index is 13.3. The number of carbonyl (C=O) groups excluding carboxylic acids is 1. The molecule has 196 valence electrons. The fourth-order valence-corrected chi connectivity index (χ4v) is 4.35. The fourth-order valence-electron chi connectivity index (χ4n) is 4.35. The lowest BCUT2D eigenvalue weighted by molar-refractivity contribution is 0.0227. The Kier molecular flexibility index (Phi) is 6.22. The number of ether oxygens (including phenoxy) is 1. The lowest BCUT2D eigenvalue weighted by Gasteiger charge is -2.28. The zero-order valence-electron chi connectivity index (χ0n) is 22.0. The summed E-state index contributed by atoms with van der Waals surface area (Å²) in [4.78, 5) is 57.8. The second-order valence-corrected chi connectivity index (χ2v) is 10.4. The second-order valence-electron chi connectivity index (χ2n) is 10.4. The monoisotopic (exact) mass is 515 g/mol. The van der Waals surface area contributed by atoms with Gasteiger partial charge in [0, 0.05) is 19.6 Å². The molecular formula is C27H29N7O4. The molecule has 0 fully saturated rings. The number of aromatic nitrogens is 6. The van der Waals surface area contributed by atoms with E-state index in [2.05, 4.69) is 24.9 Å². The summed E-state index contributed by atoms with van der Waals surface area (Å²) in [5.41, 5.74) is 3.94. The van der Waals surface area contributed by atoms with Gasteiger partial charge in [0.25, 0.3) is 5.56 Å². The van der Waals surface area contributed by atoms with Gasteiger partial charge in [-0.3, -0.25) is 9.78 Å². The van der Waals surface area contributed by atoms with Crippen LogP contribution in [0.25, 0.3) is 33.6 Å². The molecule has 3 heterocycles. The molecule has 0 unspecified atom stereocenters. The molecule has 0 bridgehead atoms. The molecule has 0 saturated carbocycles. The van der Waals surface area contributed by atoms with Crippen molar-refractivity contribution >= 4 is 28.2 Å². The van der Waals surface area contributed by atoms with E-state index in [1.54, 1.807) is 15.8 Å². The number of hydrogen-bond donors (Lipinski definition) is 2. The minimum Gasteiger partial charge on any atom is -0.444 e. The van der Waals surface area contributed by atoms with E-state index < -0.39 is 22.9 Å². The van der Waals surface area contributed by atoms with Gasteiger partial charge in [0.15, 0.2) is 11.5 Å². The molecule has 0 aliphatic carbocycles. The van der Waals surface area contributed by atoms with Crippen LogP contribution < -0.4 is 11.2 Å². The predicted molar refractivity (Wildman–Crippen MR) is 143 cm³/mol. The third kappa shape index (κ3) is 4.99. The zero-order valence-corrected chi connectivity index (χ0v) is 22.0.